The Morgan fingerprint density at radius 3 is 2.75 bits per heavy atom. The van der Waals surface area contributed by atoms with E-state index in [0.29, 0.717) is 5.88 Å². The summed E-state index contributed by atoms with van der Waals surface area (Å²) in [5.41, 5.74) is 1.11. The average Bonchev–Trinajstić information content (AvgIpc) is 2.45. The highest BCUT2D eigenvalue weighted by atomic mass is 35.5. The summed E-state index contributed by atoms with van der Waals surface area (Å²) in [7, 11) is 0. The first-order valence-electron chi connectivity index (χ1n) is 7.25. The number of halogens is 1. The van der Waals surface area contributed by atoms with E-state index in [9.17, 15) is 0 Å². The number of rotatable bonds is 2. The zero-order chi connectivity index (χ0) is 13.8. The van der Waals surface area contributed by atoms with Crippen molar-refractivity contribution in [1.29, 1.82) is 0 Å². The first-order chi connectivity index (χ1) is 9.80. The van der Waals surface area contributed by atoms with E-state index in [4.69, 9.17) is 21.1 Å². The average molecular weight is 291 g/mol. The molecule has 0 bridgehead atoms. The zero-order valence-corrected chi connectivity index (χ0v) is 12.3. The summed E-state index contributed by atoms with van der Waals surface area (Å²) in [4.78, 5) is 0. The maximum absolute atomic E-state index is 6.09. The lowest BCUT2D eigenvalue weighted by Crippen LogP contribution is -2.48. The summed E-state index contributed by atoms with van der Waals surface area (Å²) in [6.07, 6.45) is 5.97. The summed E-state index contributed by atoms with van der Waals surface area (Å²) >= 11 is 5.55. The molecular formula is C17H19ClO2. The maximum atomic E-state index is 6.09. The molecule has 1 aromatic rings. The van der Waals surface area contributed by atoms with Gasteiger partial charge in [-0.2, -0.15) is 0 Å². The highest BCUT2D eigenvalue weighted by Gasteiger charge is 2.43. The van der Waals surface area contributed by atoms with Gasteiger partial charge in [-0.15, -0.1) is 11.6 Å². The topological polar surface area (TPSA) is 18.5 Å². The molecule has 2 aliphatic rings. The fourth-order valence-corrected chi connectivity index (χ4v) is 3.01. The van der Waals surface area contributed by atoms with E-state index < -0.39 is 0 Å². The molecule has 1 unspecified atom stereocenters. The second-order valence-corrected chi connectivity index (χ2v) is 5.84. The van der Waals surface area contributed by atoms with Gasteiger partial charge in [0.05, 0.1) is 18.1 Å². The van der Waals surface area contributed by atoms with Crippen LogP contribution in [0.25, 0.3) is 0 Å². The largest absolute Gasteiger partial charge is 0.490 e. The van der Waals surface area contributed by atoms with Crippen molar-refractivity contribution < 1.29 is 9.47 Å². The van der Waals surface area contributed by atoms with Gasteiger partial charge in [0.15, 0.2) is 0 Å². The molecule has 1 saturated carbocycles. The van der Waals surface area contributed by atoms with Crippen molar-refractivity contribution in [2.24, 2.45) is 0 Å². The van der Waals surface area contributed by atoms with Crippen molar-refractivity contribution in [2.75, 3.05) is 12.5 Å². The molecule has 1 heterocycles. The van der Waals surface area contributed by atoms with Crippen LogP contribution in [-0.4, -0.2) is 24.2 Å². The van der Waals surface area contributed by atoms with Gasteiger partial charge in [0, 0.05) is 18.4 Å². The van der Waals surface area contributed by atoms with Gasteiger partial charge in [-0.05, 0) is 43.5 Å². The number of ether oxygens (including phenoxy) is 2. The highest BCUT2D eigenvalue weighted by molar-refractivity contribution is 6.19. The molecule has 1 spiro atoms. The lowest BCUT2D eigenvalue weighted by Gasteiger charge is -2.46. The third-order valence-electron chi connectivity index (χ3n) is 4.17. The van der Waals surface area contributed by atoms with E-state index in [-0.39, 0.29) is 11.7 Å². The molecule has 1 aliphatic heterocycles. The van der Waals surface area contributed by atoms with E-state index in [1.54, 1.807) is 0 Å². The summed E-state index contributed by atoms with van der Waals surface area (Å²) in [6.45, 7) is 0.823. The van der Waals surface area contributed by atoms with Crippen molar-refractivity contribution in [3.63, 3.8) is 0 Å². The van der Waals surface area contributed by atoms with Crippen LogP contribution in [0.4, 0.5) is 0 Å². The third kappa shape index (κ3) is 3.11. The van der Waals surface area contributed by atoms with Crippen LogP contribution >= 0.6 is 11.6 Å². The predicted molar refractivity (Wildman–Crippen MR) is 80.2 cm³/mol. The van der Waals surface area contributed by atoms with Crippen LogP contribution in [0.5, 0.6) is 5.75 Å². The van der Waals surface area contributed by atoms with Crippen LogP contribution in [0.15, 0.2) is 24.3 Å². The minimum Gasteiger partial charge on any atom is -0.490 e. The molecule has 0 N–H and O–H groups in total. The summed E-state index contributed by atoms with van der Waals surface area (Å²) in [5, 5.41) is 0. The van der Waals surface area contributed by atoms with E-state index in [1.165, 1.54) is 19.3 Å². The van der Waals surface area contributed by atoms with Crippen LogP contribution in [-0.2, 0) is 4.74 Å². The molecular weight excluding hydrogens is 272 g/mol. The van der Waals surface area contributed by atoms with Crippen molar-refractivity contribution in [2.45, 2.75) is 43.8 Å². The summed E-state index contributed by atoms with van der Waals surface area (Å²) < 4.78 is 12.0. The van der Waals surface area contributed by atoms with Gasteiger partial charge in [0.2, 0.25) is 0 Å². The Morgan fingerprint density at radius 1 is 1.30 bits per heavy atom. The number of hydrogen-bond donors (Lipinski definition) is 0. The molecule has 1 atom stereocenters. The van der Waals surface area contributed by atoms with Crippen LogP contribution in [0.3, 0.4) is 0 Å². The fourth-order valence-electron chi connectivity index (χ4n) is 2.95. The van der Waals surface area contributed by atoms with Gasteiger partial charge in [0.1, 0.15) is 11.9 Å². The molecule has 3 rings (SSSR count). The van der Waals surface area contributed by atoms with E-state index in [1.807, 2.05) is 24.3 Å². The molecule has 106 valence electrons. The number of benzene rings is 1. The molecule has 1 saturated heterocycles. The minimum atomic E-state index is 0.134. The molecule has 2 fully saturated rings. The normalized spacial score (nSPS) is 23.6. The molecule has 0 radical (unpaired) electrons. The molecule has 2 nitrogen and oxygen atoms in total. The lowest BCUT2D eigenvalue weighted by atomic mass is 9.74. The molecule has 1 aromatic carbocycles. The molecule has 0 amide bonds. The van der Waals surface area contributed by atoms with Crippen molar-refractivity contribution in [1.82, 2.24) is 0 Å². The first-order valence-corrected chi connectivity index (χ1v) is 7.79. The minimum absolute atomic E-state index is 0.134. The Morgan fingerprint density at radius 2 is 2.10 bits per heavy atom. The predicted octanol–water partition coefficient (Wildman–Crippen LogP) is 3.76. The number of alkyl halides is 1. The van der Waals surface area contributed by atoms with Crippen molar-refractivity contribution in [3.8, 4) is 17.6 Å². The third-order valence-corrected chi connectivity index (χ3v) is 4.30. The molecule has 0 aromatic heterocycles. The van der Waals surface area contributed by atoms with E-state index in [0.717, 1.165) is 30.8 Å². The highest BCUT2D eigenvalue weighted by Crippen LogP contribution is 2.43. The van der Waals surface area contributed by atoms with Crippen molar-refractivity contribution >= 4 is 11.6 Å². The van der Waals surface area contributed by atoms with Gasteiger partial charge in [-0.1, -0.05) is 11.8 Å². The molecule has 20 heavy (non-hydrogen) atoms. The van der Waals surface area contributed by atoms with Crippen LogP contribution in [0.1, 0.15) is 37.7 Å². The Kier molecular flexibility index (Phi) is 4.19. The van der Waals surface area contributed by atoms with Gasteiger partial charge in [-0.3, -0.25) is 0 Å². The van der Waals surface area contributed by atoms with Gasteiger partial charge < -0.3 is 9.47 Å². The zero-order valence-electron chi connectivity index (χ0n) is 11.5. The summed E-state index contributed by atoms with van der Waals surface area (Å²) in [5.74, 6) is 7.13. The van der Waals surface area contributed by atoms with Gasteiger partial charge in [-0.25, -0.2) is 0 Å². The number of hydrogen-bond acceptors (Lipinski definition) is 2. The van der Waals surface area contributed by atoms with Crippen LogP contribution < -0.4 is 4.74 Å². The smallest absolute Gasteiger partial charge is 0.119 e. The van der Waals surface area contributed by atoms with E-state index >= 15 is 0 Å². The standard InChI is InChI=1S/C17H19ClO2/c18-11-1-3-14-4-6-15(7-5-14)20-16-8-12-19-17(13-16)9-2-10-17/h4-7,16H,2,8-13H2. The van der Waals surface area contributed by atoms with Crippen LogP contribution in [0.2, 0.25) is 0 Å². The molecule has 1 aliphatic carbocycles. The first kappa shape index (κ1) is 13.8. The van der Waals surface area contributed by atoms with Crippen molar-refractivity contribution in [3.05, 3.63) is 29.8 Å². The second-order valence-electron chi connectivity index (χ2n) is 5.58. The molecule has 3 heteroatoms. The SMILES string of the molecule is ClCC#Cc1ccc(OC2CCOC3(CCC3)C2)cc1. The maximum Gasteiger partial charge on any atom is 0.119 e. The Hall–Kier alpha value is -1.17. The fraction of sp³-hybridized carbons (Fsp3) is 0.529. The van der Waals surface area contributed by atoms with Crippen LogP contribution in [0, 0.1) is 11.8 Å². The Labute approximate surface area is 125 Å². The lowest BCUT2D eigenvalue weighted by molar-refractivity contribution is -0.153. The Bertz CT molecular complexity index is 508. The van der Waals surface area contributed by atoms with E-state index in [2.05, 4.69) is 11.8 Å². The van der Waals surface area contributed by atoms with Gasteiger partial charge >= 0.3 is 0 Å². The monoisotopic (exact) mass is 290 g/mol. The quantitative estimate of drug-likeness (QED) is 0.610. The second kappa shape index (κ2) is 6.08. The Balaban J connectivity index is 1.59. The summed E-state index contributed by atoms with van der Waals surface area (Å²) in [6, 6.07) is 7.93. The van der Waals surface area contributed by atoms with Gasteiger partial charge in [0.25, 0.3) is 0 Å².